The number of anilines is 1. The smallest absolute Gasteiger partial charge is 0.231 e. The Kier molecular flexibility index (Phi) is 2.72. The van der Waals surface area contributed by atoms with Crippen molar-refractivity contribution >= 4 is 11.6 Å². The van der Waals surface area contributed by atoms with E-state index < -0.39 is 0 Å². The molecule has 1 N–H and O–H groups in total. The number of hydrogen-bond acceptors (Lipinski definition) is 2. The van der Waals surface area contributed by atoms with Crippen LogP contribution in [0.15, 0.2) is 24.3 Å². The van der Waals surface area contributed by atoms with Gasteiger partial charge in [-0.3, -0.25) is 4.79 Å². The summed E-state index contributed by atoms with van der Waals surface area (Å²) in [6.45, 7) is 4.90. The molecule has 0 bridgehead atoms. The zero-order valence-corrected chi connectivity index (χ0v) is 10.1. The number of amides is 1. The molecule has 16 heavy (non-hydrogen) atoms. The molecule has 0 atom stereocenters. The normalized spacial score (nSPS) is 15.4. The first-order chi connectivity index (χ1) is 7.53. The third-order valence-corrected chi connectivity index (χ3v) is 3.16. The molecule has 0 fully saturated rings. The third-order valence-electron chi connectivity index (χ3n) is 3.16. The van der Waals surface area contributed by atoms with Gasteiger partial charge in [-0.25, -0.2) is 0 Å². The van der Waals surface area contributed by atoms with Crippen LogP contribution >= 0.6 is 0 Å². The number of hydrogen-bond donors (Lipinski definition) is 1. The van der Waals surface area contributed by atoms with Gasteiger partial charge in [0.15, 0.2) is 0 Å². The predicted molar refractivity (Wildman–Crippen MR) is 65.6 cm³/mol. The van der Waals surface area contributed by atoms with E-state index in [-0.39, 0.29) is 11.4 Å². The van der Waals surface area contributed by atoms with Gasteiger partial charge in [0, 0.05) is 17.8 Å². The number of likely N-dealkylation sites (N-methyl/N-ethyl adjacent to an activating group) is 1. The fourth-order valence-electron chi connectivity index (χ4n) is 1.96. The molecule has 3 heteroatoms. The summed E-state index contributed by atoms with van der Waals surface area (Å²) in [7, 11) is 1.92. The number of fused-ring (bicyclic) bond motifs is 1. The molecule has 0 saturated heterocycles. The lowest BCUT2D eigenvalue weighted by Crippen LogP contribution is -2.48. The molecule has 1 aromatic rings. The Morgan fingerprint density at radius 2 is 2.06 bits per heavy atom. The van der Waals surface area contributed by atoms with Crippen LogP contribution < -0.4 is 10.2 Å². The average Bonchev–Trinajstić information content (AvgIpc) is 2.56. The second kappa shape index (κ2) is 3.91. The summed E-state index contributed by atoms with van der Waals surface area (Å²) in [6, 6.07) is 8.02. The van der Waals surface area contributed by atoms with Gasteiger partial charge in [0.05, 0.1) is 6.42 Å². The van der Waals surface area contributed by atoms with E-state index in [1.165, 1.54) is 0 Å². The molecule has 0 unspecified atom stereocenters. The Morgan fingerprint density at radius 1 is 1.38 bits per heavy atom. The largest absolute Gasteiger partial charge is 0.313 e. The summed E-state index contributed by atoms with van der Waals surface area (Å²) in [5.41, 5.74) is 2.14. The summed E-state index contributed by atoms with van der Waals surface area (Å²) in [5.74, 6) is 0.199. The second-order valence-electron chi connectivity index (χ2n) is 4.92. The highest BCUT2D eigenvalue weighted by Gasteiger charge is 2.30. The van der Waals surface area contributed by atoms with E-state index in [1.807, 2.05) is 36.2 Å². The molecule has 0 aromatic heterocycles. The molecule has 0 saturated carbocycles. The van der Waals surface area contributed by atoms with Gasteiger partial charge in [-0.1, -0.05) is 18.2 Å². The molecule has 86 valence electrons. The maximum absolute atomic E-state index is 11.9. The van der Waals surface area contributed by atoms with Crippen LogP contribution in [0.5, 0.6) is 0 Å². The van der Waals surface area contributed by atoms with Crippen LogP contribution in [0.25, 0.3) is 0 Å². The van der Waals surface area contributed by atoms with E-state index in [0.29, 0.717) is 13.0 Å². The molecular weight excluding hydrogens is 200 g/mol. The van der Waals surface area contributed by atoms with Crippen molar-refractivity contribution in [2.45, 2.75) is 25.8 Å². The molecule has 2 rings (SSSR count). The number of nitrogens with one attached hydrogen (secondary N) is 1. The average molecular weight is 218 g/mol. The highest BCUT2D eigenvalue weighted by atomic mass is 16.2. The lowest BCUT2D eigenvalue weighted by molar-refractivity contribution is -0.117. The topological polar surface area (TPSA) is 32.3 Å². The van der Waals surface area contributed by atoms with Gasteiger partial charge in [-0.2, -0.15) is 0 Å². The zero-order valence-electron chi connectivity index (χ0n) is 10.1. The van der Waals surface area contributed by atoms with Gasteiger partial charge in [-0.15, -0.1) is 0 Å². The van der Waals surface area contributed by atoms with E-state index in [1.54, 1.807) is 0 Å². The highest BCUT2D eigenvalue weighted by Crippen LogP contribution is 2.29. The van der Waals surface area contributed by atoms with Crippen LogP contribution in [0.1, 0.15) is 19.4 Å². The van der Waals surface area contributed by atoms with Crippen molar-refractivity contribution in [3.05, 3.63) is 29.8 Å². The summed E-state index contributed by atoms with van der Waals surface area (Å²) < 4.78 is 0. The van der Waals surface area contributed by atoms with Crippen LogP contribution in [0, 0.1) is 0 Å². The van der Waals surface area contributed by atoms with Crippen molar-refractivity contribution in [2.75, 3.05) is 18.5 Å². The van der Waals surface area contributed by atoms with Crippen LogP contribution in [-0.4, -0.2) is 25.0 Å². The molecule has 1 aliphatic rings. The van der Waals surface area contributed by atoms with Gasteiger partial charge in [-0.05, 0) is 32.5 Å². The van der Waals surface area contributed by atoms with Crippen LogP contribution in [0.3, 0.4) is 0 Å². The van der Waals surface area contributed by atoms with Gasteiger partial charge in [0.1, 0.15) is 0 Å². The number of benzene rings is 1. The fraction of sp³-hybridized carbons (Fsp3) is 0.462. The van der Waals surface area contributed by atoms with Crippen LogP contribution in [-0.2, 0) is 11.2 Å². The molecule has 1 aromatic carbocycles. The number of carbonyl (C=O) groups excluding carboxylic acids is 1. The lowest BCUT2D eigenvalue weighted by Gasteiger charge is -2.30. The predicted octanol–water partition coefficient (Wildman–Crippen LogP) is 1.57. The fourth-order valence-corrected chi connectivity index (χ4v) is 1.96. The Morgan fingerprint density at radius 3 is 2.75 bits per heavy atom. The van der Waals surface area contributed by atoms with E-state index in [0.717, 1.165) is 11.3 Å². The van der Waals surface area contributed by atoms with Gasteiger partial charge in [0.2, 0.25) is 5.91 Å². The summed E-state index contributed by atoms with van der Waals surface area (Å²) >= 11 is 0. The van der Waals surface area contributed by atoms with Crippen molar-refractivity contribution in [1.82, 2.24) is 5.32 Å². The van der Waals surface area contributed by atoms with Gasteiger partial charge in [0.25, 0.3) is 0 Å². The van der Waals surface area contributed by atoms with E-state index in [2.05, 4.69) is 19.2 Å². The Bertz CT molecular complexity index is 412. The van der Waals surface area contributed by atoms with E-state index in [9.17, 15) is 4.79 Å². The molecule has 1 heterocycles. The first-order valence-corrected chi connectivity index (χ1v) is 5.61. The monoisotopic (exact) mass is 218 g/mol. The minimum atomic E-state index is -0.0624. The minimum Gasteiger partial charge on any atom is -0.313 e. The first kappa shape index (κ1) is 11.1. The highest BCUT2D eigenvalue weighted by molar-refractivity contribution is 6.01. The standard InChI is InChI=1S/C13H18N2O/c1-13(2,14-3)9-15-11-7-5-4-6-10(11)8-12(15)16/h4-7,14H,8-9H2,1-3H3. The molecule has 3 nitrogen and oxygen atoms in total. The summed E-state index contributed by atoms with van der Waals surface area (Å²) in [6.07, 6.45) is 0.538. The second-order valence-corrected chi connectivity index (χ2v) is 4.92. The maximum Gasteiger partial charge on any atom is 0.231 e. The SMILES string of the molecule is CNC(C)(C)CN1C(=O)Cc2ccccc21. The maximum atomic E-state index is 11.9. The van der Waals surface area contributed by atoms with Crippen molar-refractivity contribution in [3.8, 4) is 0 Å². The lowest BCUT2D eigenvalue weighted by atomic mass is 10.1. The first-order valence-electron chi connectivity index (χ1n) is 5.61. The van der Waals surface area contributed by atoms with Crippen molar-refractivity contribution < 1.29 is 4.79 Å². The third kappa shape index (κ3) is 1.95. The Hall–Kier alpha value is -1.35. The summed E-state index contributed by atoms with van der Waals surface area (Å²) in [5, 5.41) is 3.23. The number of para-hydroxylation sites is 1. The van der Waals surface area contributed by atoms with Crippen molar-refractivity contribution in [1.29, 1.82) is 0 Å². The number of nitrogens with zero attached hydrogens (tertiary/aromatic N) is 1. The Balaban J connectivity index is 2.26. The zero-order chi connectivity index (χ0) is 11.8. The summed E-state index contributed by atoms with van der Waals surface area (Å²) in [4.78, 5) is 13.8. The van der Waals surface area contributed by atoms with Gasteiger partial charge >= 0.3 is 0 Å². The Labute approximate surface area is 96.5 Å². The number of rotatable bonds is 3. The molecule has 0 radical (unpaired) electrons. The quantitative estimate of drug-likeness (QED) is 0.835. The van der Waals surface area contributed by atoms with E-state index >= 15 is 0 Å². The molecule has 0 spiro atoms. The minimum absolute atomic E-state index is 0.0624. The van der Waals surface area contributed by atoms with Crippen LogP contribution in [0.2, 0.25) is 0 Å². The number of carbonyl (C=O) groups is 1. The molecular formula is C13H18N2O. The van der Waals surface area contributed by atoms with Crippen molar-refractivity contribution in [2.24, 2.45) is 0 Å². The molecule has 1 aliphatic heterocycles. The van der Waals surface area contributed by atoms with Crippen molar-refractivity contribution in [3.63, 3.8) is 0 Å². The van der Waals surface area contributed by atoms with E-state index in [4.69, 9.17) is 0 Å². The van der Waals surface area contributed by atoms with Crippen LogP contribution in [0.4, 0.5) is 5.69 Å². The molecule has 0 aliphatic carbocycles. The van der Waals surface area contributed by atoms with Gasteiger partial charge < -0.3 is 10.2 Å². The molecule has 1 amide bonds.